The molecule has 2 aromatic rings. The molecule has 38 heavy (non-hydrogen) atoms. The summed E-state index contributed by atoms with van der Waals surface area (Å²) in [6.45, 7) is 12.3. The molecule has 1 N–H and O–H groups in total. The SMILES string of the molecule is CCCOc1ccc(C2C(=C(O)c3ccc(OC(C)C)c(C)c3)C(=O)C(=O)N2CCN2CCOCC2)cc1. The molecular formula is C30H38N2O6. The molecule has 4 rings (SSSR count). The zero-order valence-electron chi connectivity index (χ0n) is 22.7. The van der Waals surface area contributed by atoms with E-state index in [9.17, 15) is 14.7 Å². The molecule has 2 aliphatic heterocycles. The summed E-state index contributed by atoms with van der Waals surface area (Å²) in [7, 11) is 0. The summed E-state index contributed by atoms with van der Waals surface area (Å²) in [6.07, 6.45) is 0.901. The fourth-order valence-corrected chi connectivity index (χ4v) is 4.84. The van der Waals surface area contributed by atoms with Crippen LogP contribution >= 0.6 is 0 Å². The Labute approximate surface area is 224 Å². The Morgan fingerprint density at radius 2 is 1.79 bits per heavy atom. The van der Waals surface area contributed by atoms with Crippen LogP contribution < -0.4 is 9.47 Å². The van der Waals surface area contributed by atoms with Crippen molar-refractivity contribution in [2.45, 2.75) is 46.3 Å². The van der Waals surface area contributed by atoms with Gasteiger partial charge in [-0.2, -0.15) is 0 Å². The number of nitrogens with zero attached hydrogens (tertiary/aromatic N) is 2. The maximum atomic E-state index is 13.4. The van der Waals surface area contributed by atoms with Gasteiger partial charge in [-0.1, -0.05) is 19.1 Å². The van der Waals surface area contributed by atoms with Crippen molar-refractivity contribution in [3.63, 3.8) is 0 Å². The number of ketones is 1. The molecule has 2 saturated heterocycles. The second-order valence-electron chi connectivity index (χ2n) is 10.0. The molecule has 2 heterocycles. The Hall–Kier alpha value is -3.36. The number of benzene rings is 2. The number of Topliss-reactive ketones (excluding diaryl/α,β-unsaturated/α-hetero) is 1. The van der Waals surface area contributed by atoms with Crippen molar-refractivity contribution in [1.82, 2.24) is 9.80 Å². The van der Waals surface area contributed by atoms with Gasteiger partial charge in [0, 0.05) is 31.7 Å². The molecule has 2 aliphatic rings. The second kappa shape index (κ2) is 12.5. The van der Waals surface area contributed by atoms with Gasteiger partial charge in [0.2, 0.25) is 0 Å². The van der Waals surface area contributed by atoms with E-state index < -0.39 is 17.7 Å². The Balaban J connectivity index is 1.71. The number of rotatable bonds is 10. The minimum absolute atomic E-state index is 0.00853. The standard InChI is InChI=1S/C30H38N2O6/c1-5-16-37-24-9-6-22(7-10-24)27-26(28(33)23-8-11-25(21(4)19-23)38-20(2)3)29(34)30(35)32(27)13-12-31-14-17-36-18-15-31/h6-11,19-20,27,33H,5,12-18H2,1-4H3. The third kappa shape index (κ3) is 6.19. The highest BCUT2D eigenvalue weighted by molar-refractivity contribution is 6.46. The van der Waals surface area contributed by atoms with Crippen LogP contribution in [0.2, 0.25) is 0 Å². The molecule has 1 amide bonds. The summed E-state index contributed by atoms with van der Waals surface area (Å²) < 4.78 is 17.0. The minimum atomic E-state index is -0.705. The number of likely N-dealkylation sites (tertiary alicyclic amines) is 1. The van der Waals surface area contributed by atoms with Gasteiger partial charge in [-0.3, -0.25) is 14.5 Å². The number of hydrogen-bond donors (Lipinski definition) is 1. The quantitative estimate of drug-likeness (QED) is 0.282. The number of carbonyl (C=O) groups excluding carboxylic acids is 2. The monoisotopic (exact) mass is 522 g/mol. The van der Waals surface area contributed by atoms with Crippen molar-refractivity contribution in [2.24, 2.45) is 0 Å². The van der Waals surface area contributed by atoms with Crippen LogP contribution in [0.4, 0.5) is 0 Å². The van der Waals surface area contributed by atoms with E-state index in [1.165, 1.54) is 0 Å². The number of aliphatic hydroxyl groups is 1. The highest BCUT2D eigenvalue weighted by Crippen LogP contribution is 2.40. The van der Waals surface area contributed by atoms with E-state index in [0.717, 1.165) is 36.4 Å². The number of ether oxygens (including phenoxy) is 3. The molecule has 0 aliphatic carbocycles. The largest absolute Gasteiger partial charge is 0.507 e. The molecule has 0 radical (unpaired) electrons. The van der Waals surface area contributed by atoms with Crippen molar-refractivity contribution < 1.29 is 28.9 Å². The minimum Gasteiger partial charge on any atom is -0.507 e. The van der Waals surface area contributed by atoms with Crippen LogP contribution in [0, 0.1) is 6.92 Å². The molecule has 1 unspecified atom stereocenters. The van der Waals surface area contributed by atoms with E-state index in [4.69, 9.17) is 14.2 Å². The lowest BCUT2D eigenvalue weighted by Gasteiger charge is -2.31. The fourth-order valence-electron chi connectivity index (χ4n) is 4.84. The third-order valence-corrected chi connectivity index (χ3v) is 6.78. The van der Waals surface area contributed by atoms with E-state index >= 15 is 0 Å². The van der Waals surface area contributed by atoms with Gasteiger partial charge in [-0.05, 0) is 68.7 Å². The summed E-state index contributed by atoms with van der Waals surface area (Å²) in [5, 5.41) is 11.4. The second-order valence-corrected chi connectivity index (χ2v) is 10.0. The molecule has 2 aromatic carbocycles. The number of morpholine rings is 1. The zero-order chi connectivity index (χ0) is 27.2. The molecule has 1 atom stereocenters. The first kappa shape index (κ1) is 27.7. The highest BCUT2D eigenvalue weighted by Gasteiger charge is 2.46. The predicted octanol–water partition coefficient (Wildman–Crippen LogP) is 4.32. The van der Waals surface area contributed by atoms with Crippen molar-refractivity contribution in [3.8, 4) is 11.5 Å². The molecular weight excluding hydrogens is 484 g/mol. The van der Waals surface area contributed by atoms with Crippen LogP contribution in [-0.2, 0) is 14.3 Å². The summed E-state index contributed by atoms with van der Waals surface area (Å²) in [5.41, 5.74) is 2.14. The van der Waals surface area contributed by atoms with E-state index in [0.29, 0.717) is 44.2 Å². The van der Waals surface area contributed by atoms with Gasteiger partial charge in [0.1, 0.15) is 17.3 Å². The first-order valence-electron chi connectivity index (χ1n) is 13.4. The van der Waals surface area contributed by atoms with Gasteiger partial charge >= 0.3 is 0 Å². The first-order chi connectivity index (χ1) is 18.3. The Kier molecular flexibility index (Phi) is 9.07. The van der Waals surface area contributed by atoms with Crippen molar-refractivity contribution >= 4 is 17.4 Å². The molecule has 0 spiro atoms. The van der Waals surface area contributed by atoms with E-state index in [1.54, 1.807) is 23.1 Å². The number of hydrogen-bond acceptors (Lipinski definition) is 7. The summed E-state index contributed by atoms with van der Waals surface area (Å²) >= 11 is 0. The van der Waals surface area contributed by atoms with Gasteiger partial charge in [-0.25, -0.2) is 0 Å². The van der Waals surface area contributed by atoms with Crippen molar-refractivity contribution in [1.29, 1.82) is 0 Å². The third-order valence-electron chi connectivity index (χ3n) is 6.78. The average molecular weight is 523 g/mol. The Morgan fingerprint density at radius 1 is 1.08 bits per heavy atom. The Morgan fingerprint density at radius 3 is 2.42 bits per heavy atom. The lowest BCUT2D eigenvalue weighted by molar-refractivity contribution is -0.140. The van der Waals surface area contributed by atoms with Crippen molar-refractivity contribution in [2.75, 3.05) is 46.0 Å². The van der Waals surface area contributed by atoms with E-state index in [1.807, 2.05) is 52.0 Å². The number of aliphatic hydroxyl groups excluding tert-OH is 1. The van der Waals surface area contributed by atoms with Gasteiger partial charge in [0.25, 0.3) is 11.7 Å². The normalized spacial score (nSPS) is 19.8. The van der Waals surface area contributed by atoms with Crippen LogP contribution in [0.5, 0.6) is 11.5 Å². The molecule has 0 bridgehead atoms. The topological polar surface area (TPSA) is 88.5 Å². The average Bonchev–Trinajstić information content (AvgIpc) is 3.17. The number of carbonyl (C=O) groups is 2. The molecule has 0 aromatic heterocycles. The van der Waals surface area contributed by atoms with Crippen molar-refractivity contribution in [3.05, 3.63) is 64.7 Å². The summed E-state index contributed by atoms with van der Waals surface area (Å²) in [6, 6.07) is 12.0. The molecule has 0 saturated carbocycles. The number of aryl methyl sites for hydroxylation is 1. The van der Waals surface area contributed by atoms with Crippen LogP contribution in [0.3, 0.4) is 0 Å². The van der Waals surface area contributed by atoms with E-state index in [-0.39, 0.29) is 17.4 Å². The van der Waals surface area contributed by atoms with E-state index in [2.05, 4.69) is 4.90 Å². The van der Waals surface area contributed by atoms with Gasteiger partial charge in [0.15, 0.2) is 0 Å². The zero-order valence-corrected chi connectivity index (χ0v) is 22.7. The highest BCUT2D eigenvalue weighted by atomic mass is 16.5. The smallest absolute Gasteiger partial charge is 0.295 e. The molecule has 2 fully saturated rings. The van der Waals surface area contributed by atoms with Gasteiger partial charge < -0.3 is 24.2 Å². The maximum absolute atomic E-state index is 13.4. The van der Waals surface area contributed by atoms with Gasteiger partial charge in [-0.15, -0.1) is 0 Å². The summed E-state index contributed by atoms with van der Waals surface area (Å²) in [4.78, 5) is 30.5. The first-order valence-corrected chi connectivity index (χ1v) is 13.4. The van der Waals surface area contributed by atoms with Crippen LogP contribution in [-0.4, -0.2) is 78.7 Å². The predicted molar refractivity (Wildman–Crippen MR) is 145 cm³/mol. The lowest BCUT2D eigenvalue weighted by atomic mass is 9.94. The lowest BCUT2D eigenvalue weighted by Crippen LogP contribution is -2.42. The molecule has 204 valence electrons. The molecule has 8 heteroatoms. The fraction of sp³-hybridized carbons (Fsp3) is 0.467. The Bertz CT molecular complexity index is 1170. The van der Waals surface area contributed by atoms with Crippen LogP contribution in [0.15, 0.2) is 48.0 Å². The van der Waals surface area contributed by atoms with Crippen LogP contribution in [0.25, 0.3) is 5.76 Å². The number of amides is 1. The van der Waals surface area contributed by atoms with Gasteiger partial charge in [0.05, 0.1) is 37.5 Å². The van der Waals surface area contributed by atoms with Crippen LogP contribution in [0.1, 0.15) is 49.9 Å². The maximum Gasteiger partial charge on any atom is 0.295 e. The summed E-state index contributed by atoms with van der Waals surface area (Å²) in [5.74, 6) is -0.0414. The molecule has 8 nitrogen and oxygen atoms in total.